The molecular formula is C27H31NO5. The SMILES string of the molecule is CCCCCOc1ccc(C2c3c(oc4ccccc4c3=O)C(=O)N2CCCOCC)cc1. The van der Waals surface area contributed by atoms with Crippen molar-refractivity contribution in [1.82, 2.24) is 4.90 Å². The van der Waals surface area contributed by atoms with Gasteiger partial charge in [0.25, 0.3) is 5.91 Å². The van der Waals surface area contributed by atoms with Gasteiger partial charge in [-0.3, -0.25) is 9.59 Å². The number of fused-ring (bicyclic) bond motifs is 2. The summed E-state index contributed by atoms with van der Waals surface area (Å²) in [4.78, 5) is 28.5. The maximum absolute atomic E-state index is 13.5. The number of para-hydroxylation sites is 1. The third-order valence-electron chi connectivity index (χ3n) is 5.98. The Morgan fingerprint density at radius 2 is 1.73 bits per heavy atom. The van der Waals surface area contributed by atoms with Crippen molar-refractivity contribution in [2.24, 2.45) is 0 Å². The Kier molecular flexibility index (Phi) is 7.45. The lowest BCUT2D eigenvalue weighted by molar-refractivity contribution is 0.0696. The first-order valence-corrected chi connectivity index (χ1v) is 11.8. The highest BCUT2D eigenvalue weighted by atomic mass is 16.5. The van der Waals surface area contributed by atoms with E-state index < -0.39 is 6.04 Å². The maximum atomic E-state index is 13.5. The van der Waals surface area contributed by atoms with Crippen molar-refractivity contribution in [2.75, 3.05) is 26.4 Å². The Balaban J connectivity index is 1.68. The molecule has 1 atom stereocenters. The van der Waals surface area contributed by atoms with E-state index in [4.69, 9.17) is 13.9 Å². The van der Waals surface area contributed by atoms with Crippen molar-refractivity contribution >= 4 is 16.9 Å². The van der Waals surface area contributed by atoms with Crippen LogP contribution >= 0.6 is 0 Å². The largest absolute Gasteiger partial charge is 0.494 e. The molecule has 1 amide bonds. The van der Waals surface area contributed by atoms with E-state index in [0.717, 1.165) is 30.6 Å². The van der Waals surface area contributed by atoms with E-state index >= 15 is 0 Å². The quantitative estimate of drug-likeness (QED) is 0.370. The normalized spacial score (nSPS) is 15.3. The second-order valence-electron chi connectivity index (χ2n) is 8.25. The molecule has 0 bridgehead atoms. The van der Waals surface area contributed by atoms with Crippen LogP contribution < -0.4 is 10.2 Å². The number of nitrogens with zero attached hydrogens (tertiary/aromatic N) is 1. The minimum absolute atomic E-state index is 0.139. The van der Waals surface area contributed by atoms with Crippen LogP contribution in [-0.2, 0) is 4.74 Å². The summed E-state index contributed by atoms with van der Waals surface area (Å²) in [5, 5.41) is 0.487. The predicted molar refractivity (Wildman–Crippen MR) is 128 cm³/mol. The number of ether oxygens (including phenoxy) is 2. The van der Waals surface area contributed by atoms with Gasteiger partial charge >= 0.3 is 0 Å². The van der Waals surface area contributed by atoms with Crippen molar-refractivity contribution < 1.29 is 18.7 Å². The van der Waals surface area contributed by atoms with Crippen LogP contribution in [0.1, 0.15) is 67.3 Å². The molecule has 1 unspecified atom stereocenters. The van der Waals surface area contributed by atoms with E-state index in [1.807, 2.05) is 37.3 Å². The van der Waals surface area contributed by atoms with Crippen LogP contribution in [0.25, 0.3) is 11.0 Å². The number of benzene rings is 2. The fourth-order valence-corrected chi connectivity index (χ4v) is 4.31. The van der Waals surface area contributed by atoms with E-state index in [1.165, 1.54) is 0 Å². The first kappa shape index (κ1) is 23.1. The number of unbranched alkanes of at least 4 members (excludes halogenated alkanes) is 2. The van der Waals surface area contributed by atoms with Crippen LogP contribution in [0.15, 0.2) is 57.7 Å². The van der Waals surface area contributed by atoms with Crippen molar-refractivity contribution in [1.29, 1.82) is 0 Å². The van der Waals surface area contributed by atoms with Crippen molar-refractivity contribution in [3.63, 3.8) is 0 Å². The first-order valence-electron chi connectivity index (χ1n) is 11.8. The summed E-state index contributed by atoms with van der Waals surface area (Å²) in [6.07, 6.45) is 3.98. The first-order chi connectivity index (χ1) is 16.2. The van der Waals surface area contributed by atoms with Gasteiger partial charge in [0.05, 0.1) is 23.6 Å². The Morgan fingerprint density at radius 1 is 0.939 bits per heavy atom. The zero-order valence-corrected chi connectivity index (χ0v) is 19.3. The standard InChI is InChI=1S/C27H31NO5/c1-3-5-8-18-32-20-14-12-19(13-15-20)24-23-25(29)21-10-6-7-11-22(21)33-26(23)27(30)28(24)16-9-17-31-4-2/h6-7,10-15,24H,3-5,8-9,16-18H2,1-2H3. The van der Waals surface area contributed by atoms with Crippen LogP contribution in [0.5, 0.6) is 5.75 Å². The lowest BCUT2D eigenvalue weighted by atomic mass is 9.98. The Labute approximate surface area is 194 Å². The molecule has 0 spiro atoms. The molecule has 6 nitrogen and oxygen atoms in total. The summed E-state index contributed by atoms with van der Waals surface area (Å²) in [5.41, 5.74) is 1.55. The summed E-state index contributed by atoms with van der Waals surface area (Å²) in [6.45, 7) is 6.44. The topological polar surface area (TPSA) is 69.0 Å². The number of hydrogen-bond donors (Lipinski definition) is 0. The van der Waals surface area contributed by atoms with Crippen molar-refractivity contribution in [3.05, 3.63) is 75.6 Å². The van der Waals surface area contributed by atoms with E-state index in [0.29, 0.717) is 49.3 Å². The highest BCUT2D eigenvalue weighted by Crippen LogP contribution is 2.38. The van der Waals surface area contributed by atoms with Gasteiger partial charge in [0, 0.05) is 19.8 Å². The summed E-state index contributed by atoms with van der Waals surface area (Å²) in [5.74, 6) is 0.669. The molecule has 0 aliphatic carbocycles. The van der Waals surface area contributed by atoms with E-state index in [9.17, 15) is 9.59 Å². The number of amides is 1. The molecule has 0 saturated heterocycles. The lowest BCUT2D eigenvalue weighted by Crippen LogP contribution is -2.31. The lowest BCUT2D eigenvalue weighted by Gasteiger charge is -2.25. The monoisotopic (exact) mass is 449 g/mol. The summed E-state index contributed by atoms with van der Waals surface area (Å²) >= 11 is 0. The Hall–Kier alpha value is -3.12. The van der Waals surface area contributed by atoms with Gasteiger partial charge in [0.2, 0.25) is 5.76 Å². The van der Waals surface area contributed by atoms with Crippen LogP contribution in [-0.4, -0.2) is 37.2 Å². The number of rotatable bonds is 11. The highest BCUT2D eigenvalue weighted by Gasteiger charge is 2.42. The molecule has 0 saturated carbocycles. The number of carbonyl (C=O) groups excluding carboxylic acids is 1. The second-order valence-corrected chi connectivity index (χ2v) is 8.25. The molecule has 4 rings (SSSR count). The molecule has 1 aliphatic rings. The van der Waals surface area contributed by atoms with E-state index in [2.05, 4.69) is 6.92 Å². The summed E-state index contributed by atoms with van der Waals surface area (Å²) in [6, 6.07) is 14.3. The molecule has 2 heterocycles. The van der Waals surface area contributed by atoms with Gasteiger partial charge in [-0.15, -0.1) is 0 Å². The van der Waals surface area contributed by atoms with Gasteiger partial charge in [-0.2, -0.15) is 0 Å². The zero-order chi connectivity index (χ0) is 23.2. The Bertz CT molecular complexity index is 1150. The van der Waals surface area contributed by atoms with Gasteiger partial charge in [0.15, 0.2) is 5.43 Å². The molecule has 1 aromatic heterocycles. The molecule has 0 radical (unpaired) electrons. The van der Waals surface area contributed by atoms with Gasteiger partial charge in [-0.25, -0.2) is 0 Å². The molecule has 174 valence electrons. The predicted octanol–water partition coefficient (Wildman–Crippen LogP) is 5.33. The zero-order valence-electron chi connectivity index (χ0n) is 19.3. The molecular weight excluding hydrogens is 418 g/mol. The Morgan fingerprint density at radius 3 is 2.48 bits per heavy atom. The van der Waals surface area contributed by atoms with Crippen LogP contribution in [0.2, 0.25) is 0 Å². The fraction of sp³-hybridized carbons (Fsp3) is 0.407. The smallest absolute Gasteiger partial charge is 0.290 e. The third kappa shape index (κ3) is 4.81. The average Bonchev–Trinajstić information content (AvgIpc) is 3.12. The van der Waals surface area contributed by atoms with E-state index in [-0.39, 0.29) is 17.1 Å². The van der Waals surface area contributed by atoms with Gasteiger partial charge in [0.1, 0.15) is 11.3 Å². The summed E-state index contributed by atoms with van der Waals surface area (Å²) < 4.78 is 17.3. The van der Waals surface area contributed by atoms with E-state index in [1.54, 1.807) is 23.1 Å². The van der Waals surface area contributed by atoms with Gasteiger partial charge in [-0.1, -0.05) is 44.0 Å². The fourth-order valence-electron chi connectivity index (χ4n) is 4.31. The third-order valence-corrected chi connectivity index (χ3v) is 5.98. The highest BCUT2D eigenvalue weighted by molar-refractivity contribution is 5.99. The molecule has 0 N–H and O–H groups in total. The minimum Gasteiger partial charge on any atom is -0.494 e. The molecule has 6 heteroatoms. The van der Waals surface area contributed by atoms with Crippen LogP contribution in [0.3, 0.4) is 0 Å². The molecule has 2 aromatic carbocycles. The van der Waals surface area contributed by atoms with Crippen molar-refractivity contribution in [2.45, 2.75) is 45.6 Å². The van der Waals surface area contributed by atoms with Gasteiger partial charge < -0.3 is 18.8 Å². The minimum atomic E-state index is -0.496. The molecule has 1 aliphatic heterocycles. The maximum Gasteiger partial charge on any atom is 0.290 e. The van der Waals surface area contributed by atoms with Crippen LogP contribution in [0.4, 0.5) is 0 Å². The number of carbonyl (C=O) groups is 1. The summed E-state index contributed by atoms with van der Waals surface area (Å²) in [7, 11) is 0. The average molecular weight is 450 g/mol. The molecule has 33 heavy (non-hydrogen) atoms. The van der Waals surface area contributed by atoms with Crippen molar-refractivity contribution in [3.8, 4) is 5.75 Å². The second kappa shape index (κ2) is 10.7. The molecule has 3 aromatic rings. The number of hydrogen-bond acceptors (Lipinski definition) is 5. The molecule has 0 fully saturated rings. The van der Waals surface area contributed by atoms with Crippen LogP contribution in [0, 0.1) is 0 Å². The van der Waals surface area contributed by atoms with Gasteiger partial charge in [-0.05, 0) is 49.6 Å².